The molecule has 2 nitrogen and oxygen atoms in total. The van der Waals surface area contributed by atoms with Gasteiger partial charge in [-0.1, -0.05) is 115 Å². The molecule has 0 bridgehead atoms. The summed E-state index contributed by atoms with van der Waals surface area (Å²) in [4.78, 5) is 13.4. The Bertz CT molecular complexity index is 1020. The van der Waals surface area contributed by atoms with Crippen LogP contribution < -0.4 is 5.32 Å². The van der Waals surface area contributed by atoms with Crippen molar-refractivity contribution >= 4 is 5.91 Å². The van der Waals surface area contributed by atoms with E-state index in [0.717, 1.165) is 22.3 Å². The lowest BCUT2D eigenvalue weighted by atomic mass is 9.67. The van der Waals surface area contributed by atoms with Crippen molar-refractivity contribution < 1.29 is 4.79 Å². The van der Waals surface area contributed by atoms with Gasteiger partial charge in [-0.2, -0.15) is 0 Å². The molecule has 1 N–H and O–H groups in total. The summed E-state index contributed by atoms with van der Waals surface area (Å²) < 4.78 is 0. The standard InChI is InChI=1S/C29H27NO/c1-23-13-11-12-14-24(23)22-30-28(31)21-29(25-15-5-2-6-16-25,26-17-7-3-8-18-26)27-19-9-4-10-20-27/h2-20H,21-22H2,1H3,(H,30,31). The van der Waals surface area contributed by atoms with E-state index in [1.54, 1.807) is 0 Å². The van der Waals surface area contributed by atoms with E-state index in [2.05, 4.69) is 60.8 Å². The number of benzene rings is 4. The smallest absolute Gasteiger partial charge is 0.221 e. The predicted octanol–water partition coefficient (Wildman–Crippen LogP) is 6.04. The molecule has 2 heteroatoms. The summed E-state index contributed by atoms with van der Waals surface area (Å²) in [6, 6.07) is 39.2. The van der Waals surface area contributed by atoms with Crippen LogP contribution in [0.5, 0.6) is 0 Å². The molecule has 1 amide bonds. The average molecular weight is 406 g/mol. The molecule has 4 aromatic carbocycles. The zero-order valence-electron chi connectivity index (χ0n) is 17.8. The molecule has 0 atom stereocenters. The van der Waals surface area contributed by atoms with Crippen LogP contribution in [0.15, 0.2) is 115 Å². The van der Waals surface area contributed by atoms with Gasteiger partial charge in [0.2, 0.25) is 5.91 Å². The summed E-state index contributed by atoms with van der Waals surface area (Å²) in [6.45, 7) is 2.60. The summed E-state index contributed by atoms with van der Waals surface area (Å²) in [5.41, 5.74) is 5.08. The monoisotopic (exact) mass is 405 g/mol. The number of hydrogen-bond donors (Lipinski definition) is 1. The van der Waals surface area contributed by atoms with Crippen LogP contribution in [0.25, 0.3) is 0 Å². The second-order valence-electron chi connectivity index (χ2n) is 7.88. The molecule has 0 spiro atoms. The molecule has 4 aromatic rings. The van der Waals surface area contributed by atoms with Crippen molar-refractivity contribution in [3.05, 3.63) is 143 Å². The molecule has 0 unspecified atom stereocenters. The van der Waals surface area contributed by atoms with Gasteiger partial charge in [-0.3, -0.25) is 4.79 Å². The zero-order chi connectivity index (χ0) is 21.5. The Morgan fingerprint density at radius 2 is 1.06 bits per heavy atom. The van der Waals surface area contributed by atoms with Crippen LogP contribution in [0.3, 0.4) is 0 Å². The minimum Gasteiger partial charge on any atom is -0.352 e. The van der Waals surface area contributed by atoms with E-state index in [-0.39, 0.29) is 5.91 Å². The van der Waals surface area contributed by atoms with E-state index < -0.39 is 5.41 Å². The Balaban J connectivity index is 1.75. The van der Waals surface area contributed by atoms with E-state index >= 15 is 0 Å². The largest absolute Gasteiger partial charge is 0.352 e. The van der Waals surface area contributed by atoms with Gasteiger partial charge in [-0.05, 0) is 34.7 Å². The topological polar surface area (TPSA) is 29.1 Å². The summed E-state index contributed by atoms with van der Waals surface area (Å²) in [7, 11) is 0. The van der Waals surface area contributed by atoms with Gasteiger partial charge in [0, 0.05) is 13.0 Å². The maximum Gasteiger partial charge on any atom is 0.221 e. The van der Waals surface area contributed by atoms with Gasteiger partial charge >= 0.3 is 0 Å². The number of rotatable bonds is 7. The molecule has 31 heavy (non-hydrogen) atoms. The van der Waals surface area contributed by atoms with Gasteiger partial charge in [0.1, 0.15) is 0 Å². The first kappa shape index (κ1) is 20.6. The molecular formula is C29H27NO. The van der Waals surface area contributed by atoms with Gasteiger partial charge in [-0.15, -0.1) is 0 Å². The lowest BCUT2D eigenvalue weighted by molar-refractivity contribution is -0.122. The molecule has 0 radical (unpaired) electrons. The minimum absolute atomic E-state index is 0.0276. The Morgan fingerprint density at radius 1 is 0.645 bits per heavy atom. The zero-order valence-corrected chi connectivity index (χ0v) is 17.8. The maximum absolute atomic E-state index is 13.4. The molecule has 0 aliphatic carbocycles. The number of hydrogen-bond acceptors (Lipinski definition) is 1. The fourth-order valence-corrected chi connectivity index (χ4v) is 4.28. The first-order valence-electron chi connectivity index (χ1n) is 10.7. The van der Waals surface area contributed by atoms with E-state index in [9.17, 15) is 4.79 Å². The van der Waals surface area contributed by atoms with Crippen LogP contribution in [0, 0.1) is 6.92 Å². The summed E-state index contributed by atoms with van der Waals surface area (Å²) in [5, 5.41) is 3.17. The van der Waals surface area contributed by atoms with Crippen LogP contribution in [0.4, 0.5) is 0 Å². The SMILES string of the molecule is Cc1ccccc1CNC(=O)CC(c1ccccc1)(c1ccccc1)c1ccccc1. The molecule has 4 rings (SSSR count). The first-order chi connectivity index (χ1) is 15.2. The molecule has 0 saturated heterocycles. The number of carbonyl (C=O) groups excluding carboxylic acids is 1. The third-order valence-electron chi connectivity index (χ3n) is 5.96. The predicted molar refractivity (Wildman–Crippen MR) is 127 cm³/mol. The Hall–Kier alpha value is -3.65. The highest BCUT2D eigenvalue weighted by Gasteiger charge is 2.38. The second kappa shape index (κ2) is 9.44. The first-order valence-corrected chi connectivity index (χ1v) is 10.7. The molecular weight excluding hydrogens is 378 g/mol. The van der Waals surface area contributed by atoms with Gasteiger partial charge in [0.15, 0.2) is 0 Å². The fourth-order valence-electron chi connectivity index (χ4n) is 4.28. The maximum atomic E-state index is 13.4. The quantitative estimate of drug-likeness (QED) is 0.373. The Kier molecular flexibility index (Phi) is 6.28. The number of amides is 1. The molecule has 0 aliphatic heterocycles. The van der Waals surface area contributed by atoms with Crippen molar-refractivity contribution in [2.24, 2.45) is 0 Å². The van der Waals surface area contributed by atoms with Crippen molar-refractivity contribution in [2.75, 3.05) is 0 Å². The molecule has 0 heterocycles. The lowest BCUT2D eigenvalue weighted by Gasteiger charge is -2.35. The Labute approximate surface area is 184 Å². The lowest BCUT2D eigenvalue weighted by Crippen LogP contribution is -2.37. The normalized spacial score (nSPS) is 11.1. The summed E-state index contributed by atoms with van der Waals surface area (Å²) in [5.74, 6) is 0.0276. The van der Waals surface area contributed by atoms with Gasteiger partial charge in [-0.25, -0.2) is 0 Å². The third kappa shape index (κ3) is 4.44. The minimum atomic E-state index is -0.570. The van der Waals surface area contributed by atoms with Crippen LogP contribution in [0.1, 0.15) is 34.2 Å². The highest BCUT2D eigenvalue weighted by atomic mass is 16.1. The van der Waals surface area contributed by atoms with Crippen LogP contribution in [0.2, 0.25) is 0 Å². The van der Waals surface area contributed by atoms with Crippen LogP contribution in [-0.2, 0) is 16.8 Å². The second-order valence-corrected chi connectivity index (χ2v) is 7.88. The molecule has 0 aromatic heterocycles. The van der Waals surface area contributed by atoms with Crippen molar-refractivity contribution in [1.82, 2.24) is 5.32 Å². The van der Waals surface area contributed by atoms with Gasteiger partial charge in [0.25, 0.3) is 0 Å². The molecule has 0 aliphatic rings. The van der Waals surface area contributed by atoms with Crippen molar-refractivity contribution in [1.29, 1.82) is 0 Å². The van der Waals surface area contributed by atoms with E-state index in [4.69, 9.17) is 0 Å². The van der Waals surface area contributed by atoms with E-state index in [0.29, 0.717) is 13.0 Å². The summed E-state index contributed by atoms with van der Waals surface area (Å²) in [6.07, 6.45) is 0.330. The van der Waals surface area contributed by atoms with Gasteiger partial charge in [0.05, 0.1) is 5.41 Å². The highest BCUT2D eigenvalue weighted by Crippen LogP contribution is 2.42. The van der Waals surface area contributed by atoms with Crippen molar-refractivity contribution in [3.63, 3.8) is 0 Å². The van der Waals surface area contributed by atoms with Crippen LogP contribution in [-0.4, -0.2) is 5.91 Å². The number of carbonyl (C=O) groups is 1. The van der Waals surface area contributed by atoms with Crippen molar-refractivity contribution in [2.45, 2.75) is 25.3 Å². The van der Waals surface area contributed by atoms with Crippen molar-refractivity contribution in [3.8, 4) is 0 Å². The number of aryl methyl sites for hydroxylation is 1. The van der Waals surface area contributed by atoms with E-state index in [1.807, 2.05) is 66.7 Å². The fraction of sp³-hybridized carbons (Fsp3) is 0.138. The number of nitrogens with one attached hydrogen (secondary N) is 1. The average Bonchev–Trinajstić information content (AvgIpc) is 2.84. The van der Waals surface area contributed by atoms with Gasteiger partial charge < -0.3 is 5.32 Å². The third-order valence-corrected chi connectivity index (χ3v) is 5.96. The highest BCUT2D eigenvalue weighted by molar-refractivity contribution is 5.80. The van der Waals surface area contributed by atoms with E-state index in [1.165, 1.54) is 5.56 Å². The Morgan fingerprint density at radius 3 is 1.52 bits per heavy atom. The summed E-state index contributed by atoms with van der Waals surface area (Å²) >= 11 is 0. The molecule has 154 valence electrons. The molecule has 0 saturated carbocycles. The van der Waals surface area contributed by atoms with Crippen LogP contribution >= 0.6 is 0 Å². The molecule has 0 fully saturated rings.